The van der Waals surface area contributed by atoms with Gasteiger partial charge in [0.15, 0.2) is 0 Å². The minimum absolute atomic E-state index is 0.162. The lowest BCUT2D eigenvalue weighted by atomic mass is 10.3. The molecule has 1 aromatic carbocycles. The molecular formula is C15H20N2O2S. The zero-order valence-corrected chi connectivity index (χ0v) is 13.0. The van der Waals surface area contributed by atoms with E-state index in [0.717, 1.165) is 30.1 Å². The summed E-state index contributed by atoms with van der Waals surface area (Å²) in [5, 5.41) is 0. The summed E-state index contributed by atoms with van der Waals surface area (Å²) in [7, 11) is 1.42. The first kappa shape index (κ1) is 14.9. The van der Waals surface area contributed by atoms with E-state index >= 15 is 0 Å². The van der Waals surface area contributed by atoms with E-state index < -0.39 is 0 Å². The van der Waals surface area contributed by atoms with E-state index in [4.69, 9.17) is 0 Å². The standard InChI is InChI=1S/C15H20N2O2S/c1-4-14-16-12-7-6-11(10-13(12)17(14)5-2)20-9-8-15(18)19-3/h6-7,10H,4-5,8-9H2,1-3H3. The number of carbonyl (C=O) groups is 1. The van der Waals surface area contributed by atoms with Gasteiger partial charge in [-0.1, -0.05) is 6.92 Å². The number of thioether (sulfide) groups is 1. The van der Waals surface area contributed by atoms with Gasteiger partial charge in [-0.15, -0.1) is 11.8 Å². The third-order valence-electron chi connectivity index (χ3n) is 3.23. The van der Waals surface area contributed by atoms with Crippen LogP contribution in [-0.2, 0) is 22.5 Å². The van der Waals surface area contributed by atoms with E-state index in [1.54, 1.807) is 11.8 Å². The fraction of sp³-hybridized carbons (Fsp3) is 0.467. The summed E-state index contributed by atoms with van der Waals surface area (Å²) >= 11 is 1.67. The van der Waals surface area contributed by atoms with Crippen LogP contribution < -0.4 is 0 Å². The van der Waals surface area contributed by atoms with Crippen LogP contribution in [-0.4, -0.2) is 28.4 Å². The van der Waals surface area contributed by atoms with Crippen molar-refractivity contribution in [1.29, 1.82) is 0 Å². The molecule has 0 spiro atoms. The molecule has 108 valence electrons. The Balaban J connectivity index is 2.17. The number of aromatic nitrogens is 2. The average molecular weight is 292 g/mol. The minimum atomic E-state index is -0.162. The number of methoxy groups -OCH3 is 1. The highest BCUT2D eigenvalue weighted by molar-refractivity contribution is 7.99. The fourth-order valence-corrected chi connectivity index (χ4v) is 3.08. The van der Waals surface area contributed by atoms with Crippen LogP contribution in [0, 0.1) is 0 Å². The number of rotatable bonds is 6. The molecular weight excluding hydrogens is 272 g/mol. The molecule has 4 nitrogen and oxygen atoms in total. The van der Waals surface area contributed by atoms with Crippen molar-refractivity contribution in [3.05, 3.63) is 24.0 Å². The van der Waals surface area contributed by atoms with Gasteiger partial charge in [0.25, 0.3) is 0 Å². The first-order valence-corrected chi connectivity index (χ1v) is 7.86. The zero-order chi connectivity index (χ0) is 14.5. The van der Waals surface area contributed by atoms with Gasteiger partial charge in [-0.2, -0.15) is 0 Å². The number of nitrogens with zero attached hydrogens (tertiary/aromatic N) is 2. The van der Waals surface area contributed by atoms with Gasteiger partial charge in [0.2, 0.25) is 0 Å². The lowest BCUT2D eigenvalue weighted by Gasteiger charge is -2.05. The van der Waals surface area contributed by atoms with Crippen molar-refractivity contribution in [3.63, 3.8) is 0 Å². The molecule has 0 radical (unpaired) electrons. The molecule has 2 rings (SSSR count). The maximum Gasteiger partial charge on any atom is 0.306 e. The Hall–Kier alpha value is -1.49. The molecule has 1 aromatic heterocycles. The quantitative estimate of drug-likeness (QED) is 0.605. The number of hydrogen-bond acceptors (Lipinski definition) is 4. The Labute approximate surface area is 123 Å². The predicted octanol–water partition coefficient (Wildman–Crippen LogP) is 3.27. The molecule has 0 fully saturated rings. The van der Waals surface area contributed by atoms with E-state index in [9.17, 15) is 4.79 Å². The molecule has 20 heavy (non-hydrogen) atoms. The number of esters is 1. The van der Waals surface area contributed by atoms with Crippen molar-refractivity contribution in [2.75, 3.05) is 12.9 Å². The van der Waals surface area contributed by atoms with Crippen LogP contribution in [0.2, 0.25) is 0 Å². The molecule has 0 amide bonds. The van der Waals surface area contributed by atoms with Crippen LogP contribution in [0.1, 0.15) is 26.1 Å². The first-order chi connectivity index (χ1) is 9.69. The van der Waals surface area contributed by atoms with Crippen LogP contribution in [0.5, 0.6) is 0 Å². The predicted molar refractivity (Wildman–Crippen MR) is 82.1 cm³/mol. The van der Waals surface area contributed by atoms with Crippen LogP contribution >= 0.6 is 11.8 Å². The Morgan fingerprint density at radius 3 is 2.85 bits per heavy atom. The maximum atomic E-state index is 11.1. The third-order valence-corrected chi connectivity index (χ3v) is 4.23. The highest BCUT2D eigenvalue weighted by Gasteiger charge is 2.09. The second-order valence-corrected chi connectivity index (χ2v) is 5.62. The molecule has 1 heterocycles. The van der Waals surface area contributed by atoms with Crippen molar-refractivity contribution in [3.8, 4) is 0 Å². The van der Waals surface area contributed by atoms with Crippen molar-refractivity contribution in [1.82, 2.24) is 9.55 Å². The van der Waals surface area contributed by atoms with Crippen molar-refractivity contribution >= 4 is 28.8 Å². The molecule has 0 saturated carbocycles. The van der Waals surface area contributed by atoms with E-state index in [1.807, 2.05) is 0 Å². The third kappa shape index (κ3) is 3.15. The van der Waals surface area contributed by atoms with Crippen molar-refractivity contribution < 1.29 is 9.53 Å². The summed E-state index contributed by atoms with van der Waals surface area (Å²) < 4.78 is 6.90. The Bertz CT molecular complexity index is 607. The molecule has 5 heteroatoms. The highest BCUT2D eigenvalue weighted by Crippen LogP contribution is 2.25. The first-order valence-electron chi connectivity index (χ1n) is 6.88. The highest BCUT2D eigenvalue weighted by atomic mass is 32.2. The van der Waals surface area contributed by atoms with Crippen LogP contribution in [0.15, 0.2) is 23.1 Å². The Morgan fingerprint density at radius 2 is 2.20 bits per heavy atom. The normalized spacial score (nSPS) is 10.9. The molecule has 0 unspecified atom stereocenters. The van der Waals surface area contributed by atoms with Gasteiger partial charge < -0.3 is 9.30 Å². The lowest BCUT2D eigenvalue weighted by molar-refractivity contribution is -0.140. The molecule has 0 bridgehead atoms. The van der Waals surface area contributed by atoms with Gasteiger partial charge >= 0.3 is 5.97 Å². The van der Waals surface area contributed by atoms with Gasteiger partial charge in [-0.05, 0) is 25.1 Å². The summed E-state index contributed by atoms with van der Waals surface area (Å²) in [4.78, 5) is 16.9. The van der Waals surface area contributed by atoms with Crippen LogP contribution in [0.25, 0.3) is 11.0 Å². The average Bonchev–Trinajstić information content (AvgIpc) is 2.83. The molecule has 2 aromatic rings. The monoisotopic (exact) mass is 292 g/mol. The van der Waals surface area contributed by atoms with Gasteiger partial charge in [0.1, 0.15) is 5.82 Å². The van der Waals surface area contributed by atoms with E-state index in [2.05, 4.69) is 46.3 Å². The SMILES string of the molecule is CCc1nc2ccc(SCCC(=O)OC)cc2n1CC. The summed E-state index contributed by atoms with van der Waals surface area (Å²) in [6.45, 7) is 5.19. The van der Waals surface area contributed by atoms with Crippen LogP contribution in [0.4, 0.5) is 0 Å². The number of benzene rings is 1. The Kier molecular flexibility index (Phi) is 5.06. The molecule has 0 saturated heterocycles. The van der Waals surface area contributed by atoms with Gasteiger partial charge in [0.05, 0.1) is 24.6 Å². The number of aryl methyl sites for hydroxylation is 2. The molecule has 0 aliphatic rings. The molecule has 0 N–H and O–H groups in total. The largest absolute Gasteiger partial charge is 0.469 e. The van der Waals surface area contributed by atoms with E-state index in [1.165, 1.54) is 17.5 Å². The zero-order valence-electron chi connectivity index (χ0n) is 12.2. The second kappa shape index (κ2) is 6.79. The van der Waals surface area contributed by atoms with E-state index in [-0.39, 0.29) is 5.97 Å². The number of ether oxygens (including phenoxy) is 1. The molecule has 0 atom stereocenters. The molecule has 0 aliphatic carbocycles. The van der Waals surface area contributed by atoms with Crippen molar-refractivity contribution in [2.45, 2.75) is 38.1 Å². The Morgan fingerprint density at radius 1 is 1.40 bits per heavy atom. The maximum absolute atomic E-state index is 11.1. The van der Waals surface area contributed by atoms with Gasteiger partial charge in [0, 0.05) is 23.6 Å². The number of imidazole rings is 1. The second-order valence-electron chi connectivity index (χ2n) is 4.45. The van der Waals surface area contributed by atoms with Crippen molar-refractivity contribution in [2.24, 2.45) is 0 Å². The number of hydrogen-bond donors (Lipinski definition) is 0. The molecule has 0 aliphatic heterocycles. The minimum Gasteiger partial charge on any atom is -0.469 e. The number of fused-ring (bicyclic) bond motifs is 1. The number of carbonyl (C=O) groups excluding carboxylic acids is 1. The lowest BCUT2D eigenvalue weighted by Crippen LogP contribution is -2.01. The van der Waals surface area contributed by atoms with Gasteiger partial charge in [-0.3, -0.25) is 4.79 Å². The topological polar surface area (TPSA) is 44.1 Å². The summed E-state index contributed by atoms with van der Waals surface area (Å²) in [6, 6.07) is 6.28. The smallest absolute Gasteiger partial charge is 0.306 e. The van der Waals surface area contributed by atoms with Gasteiger partial charge in [-0.25, -0.2) is 4.98 Å². The fourth-order valence-electron chi connectivity index (χ4n) is 2.22. The van der Waals surface area contributed by atoms with E-state index in [0.29, 0.717) is 6.42 Å². The summed E-state index contributed by atoms with van der Waals surface area (Å²) in [5.41, 5.74) is 2.22. The summed E-state index contributed by atoms with van der Waals surface area (Å²) in [5.74, 6) is 1.70. The van der Waals surface area contributed by atoms with Crippen LogP contribution in [0.3, 0.4) is 0 Å². The summed E-state index contributed by atoms with van der Waals surface area (Å²) in [6.07, 6.45) is 1.37.